The summed E-state index contributed by atoms with van der Waals surface area (Å²) in [4.78, 5) is 7.23. The number of piperidine rings is 1. The molecule has 0 amide bonds. The summed E-state index contributed by atoms with van der Waals surface area (Å²) in [5.41, 5.74) is -0.414. The van der Waals surface area contributed by atoms with E-state index in [1.165, 1.54) is 0 Å². The number of allylic oxidation sites excluding steroid dienone is 1. The lowest BCUT2D eigenvalue weighted by atomic mass is 9.60. The molecule has 0 radical (unpaired) electrons. The zero-order valence-corrected chi connectivity index (χ0v) is 11.8. The van der Waals surface area contributed by atoms with Crippen molar-refractivity contribution in [2.45, 2.75) is 32.3 Å². The van der Waals surface area contributed by atoms with E-state index in [4.69, 9.17) is 4.89 Å². The molecule has 4 heteroatoms. The van der Waals surface area contributed by atoms with Gasteiger partial charge in [-0.2, -0.15) is 0 Å². The van der Waals surface area contributed by atoms with Crippen LogP contribution in [-0.2, 0) is 4.89 Å². The van der Waals surface area contributed by atoms with Crippen LogP contribution in [0.25, 0.3) is 0 Å². The minimum Gasteiger partial charge on any atom is -0.306 e. The third-order valence-electron chi connectivity index (χ3n) is 4.70. The summed E-state index contributed by atoms with van der Waals surface area (Å²) in [7, 11) is 2.16. The number of nitrogens with zero attached hydrogens (tertiary/aromatic N) is 1. The summed E-state index contributed by atoms with van der Waals surface area (Å²) in [6.45, 7) is 6.22. The molecule has 0 bridgehead atoms. The first-order valence-electron chi connectivity index (χ1n) is 6.31. The van der Waals surface area contributed by atoms with Gasteiger partial charge in [-0.25, -0.2) is 4.89 Å². The maximum absolute atomic E-state index is 9.29. The second-order valence-electron chi connectivity index (χ2n) is 5.83. The van der Waals surface area contributed by atoms with Gasteiger partial charge in [-0.15, -0.1) is 11.8 Å². The summed E-state index contributed by atoms with van der Waals surface area (Å²) in [5.74, 6) is 1.64. The lowest BCUT2D eigenvalue weighted by Crippen LogP contribution is -2.55. The molecule has 1 saturated heterocycles. The van der Waals surface area contributed by atoms with Crippen molar-refractivity contribution in [2.75, 3.05) is 25.9 Å². The van der Waals surface area contributed by atoms with Crippen LogP contribution >= 0.6 is 11.8 Å². The fourth-order valence-corrected chi connectivity index (χ4v) is 4.29. The fraction of sp³-hybridized carbons (Fsp3) is 0.846. The van der Waals surface area contributed by atoms with Gasteiger partial charge in [0.1, 0.15) is 5.60 Å². The molecule has 2 aliphatic heterocycles. The van der Waals surface area contributed by atoms with Gasteiger partial charge in [-0.1, -0.05) is 6.08 Å². The van der Waals surface area contributed by atoms with Crippen LogP contribution in [-0.4, -0.2) is 41.6 Å². The summed E-state index contributed by atoms with van der Waals surface area (Å²) >= 11 is 1.87. The van der Waals surface area contributed by atoms with Gasteiger partial charge in [0.2, 0.25) is 0 Å². The third-order valence-corrected chi connectivity index (χ3v) is 5.60. The quantitative estimate of drug-likeness (QED) is 0.622. The Bertz CT molecular complexity index is 296. The van der Waals surface area contributed by atoms with Crippen molar-refractivity contribution < 1.29 is 10.1 Å². The van der Waals surface area contributed by atoms with Gasteiger partial charge >= 0.3 is 0 Å². The van der Waals surface area contributed by atoms with Gasteiger partial charge in [0.05, 0.1) is 0 Å². The summed E-state index contributed by atoms with van der Waals surface area (Å²) in [6, 6.07) is 0. The molecule has 17 heavy (non-hydrogen) atoms. The van der Waals surface area contributed by atoms with Crippen molar-refractivity contribution in [1.82, 2.24) is 4.90 Å². The molecule has 0 aliphatic carbocycles. The highest BCUT2D eigenvalue weighted by Gasteiger charge is 2.52. The molecule has 3 nitrogen and oxygen atoms in total. The molecule has 0 aromatic carbocycles. The molecule has 1 unspecified atom stereocenters. The van der Waals surface area contributed by atoms with Crippen molar-refractivity contribution in [3.63, 3.8) is 0 Å². The Morgan fingerprint density at radius 3 is 2.53 bits per heavy atom. The SMILES string of the molecule is CN1CCC(C2C=CSC2)(C(C)(C)OO)CC1. The van der Waals surface area contributed by atoms with Gasteiger partial charge in [0.25, 0.3) is 0 Å². The normalized spacial score (nSPS) is 29.8. The molecular formula is C13H23NO2S. The van der Waals surface area contributed by atoms with E-state index in [0.717, 1.165) is 31.7 Å². The van der Waals surface area contributed by atoms with Crippen LogP contribution in [0.15, 0.2) is 11.5 Å². The van der Waals surface area contributed by atoms with Gasteiger partial charge in [0, 0.05) is 11.2 Å². The van der Waals surface area contributed by atoms with Gasteiger partial charge in [-0.05, 0) is 58.2 Å². The molecule has 2 heterocycles. The molecule has 0 saturated carbocycles. The Kier molecular flexibility index (Phi) is 3.88. The summed E-state index contributed by atoms with van der Waals surface area (Å²) in [5, 5.41) is 11.5. The molecule has 1 fully saturated rings. The van der Waals surface area contributed by atoms with Crippen molar-refractivity contribution in [2.24, 2.45) is 11.3 Å². The monoisotopic (exact) mass is 257 g/mol. The molecule has 0 aromatic rings. The van der Waals surface area contributed by atoms with E-state index >= 15 is 0 Å². The van der Waals surface area contributed by atoms with E-state index in [1.54, 1.807) is 0 Å². The first kappa shape index (κ1) is 13.4. The van der Waals surface area contributed by atoms with Crippen LogP contribution in [0.4, 0.5) is 0 Å². The summed E-state index contributed by atoms with van der Waals surface area (Å²) in [6.07, 6.45) is 4.48. The van der Waals surface area contributed by atoms with E-state index in [0.29, 0.717) is 5.92 Å². The van der Waals surface area contributed by atoms with E-state index in [-0.39, 0.29) is 5.41 Å². The highest BCUT2D eigenvalue weighted by Crippen LogP contribution is 2.52. The number of hydrogen-bond acceptors (Lipinski definition) is 4. The zero-order valence-electron chi connectivity index (χ0n) is 11.0. The highest BCUT2D eigenvalue weighted by atomic mass is 32.2. The smallest absolute Gasteiger partial charge is 0.104 e. The second-order valence-corrected chi connectivity index (χ2v) is 6.77. The predicted octanol–water partition coefficient (Wildman–Crippen LogP) is 2.84. The van der Waals surface area contributed by atoms with Gasteiger partial charge < -0.3 is 4.90 Å². The van der Waals surface area contributed by atoms with Crippen molar-refractivity contribution >= 4 is 11.8 Å². The average molecular weight is 257 g/mol. The molecule has 0 aromatic heterocycles. The van der Waals surface area contributed by atoms with E-state index in [9.17, 15) is 5.26 Å². The molecule has 98 valence electrons. The van der Waals surface area contributed by atoms with Crippen LogP contribution in [0.5, 0.6) is 0 Å². The van der Waals surface area contributed by atoms with Crippen LogP contribution in [0.3, 0.4) is 0 Å². The number of rotatable bonds is 3. The Labute approximate surface area is 108 Å². The number of hydrogen-bond donors (Lipinski definition) is 1. The first-order chi connectivity index (χ1) is 8.02. The highest BCUT2D eigenvalue weighted by molar-refractivity contribution is 8.02. The Morgan fingerprint density at radius 1 is 1.41 bits per heavy atom. The van der Waals surface area contributed by atoms with Gasteiger partial charge in [0.15, 0.2) is 0 Å². The minimum atomic E-state index is -0.478. The van der Waals surface area contributed by atoms with Crippen LogP contribution < -0.4 is 0 Å². The Morgan fingerprint density at radius 2 is 2.06 bits per heavy atom. The van der Waals surface area contributed by atoms with Gasteiger partial charge in [-0.3, -0.25) is 5.26 Å². The molecule has 2 aliphatic rings. The van der Waals surface area contributed by atoms with Crippen molar-refractivity contribution in [3.8, 4) is 0 Å². The number of thioether (sulfide) groups is 1. The van der Waals surface area contributed by atoms with Crippen LogP contribution in [0, 0.1) is 11.3 Å². The predicted molar refractivity (Wildman–Crippen MR) is 72.0 cm³/mol. The molecule has 2 rings (SSSR count). The van der Waals surface area contributed by atoms with E-state index in [1.807, 2.05) is 25.6 Å². The van der Waals surface area contributed by atoms with E-state index < -0.39 is 5.60 Å². The molecule has 0 spiro atoms. The first-order valence-corrected chi connectivity index (χ1v) is 7.36. The third kappa shape index (κ3) is 2.28. The van der Waals surface area contributed by atoms with Crippen LogP contribution in [0.1, 0.15) is 26.7 Å². The topological polar surface area (TPSA) is 32.7 Å². The standard InChI is InChI=1S/C13H23NO2S/c1-12(2,16-15)13(11-4-9-17-10-11)5-7-14(3)8-6-13/h4,9,11,15H,5-8,10H2,1-3H3. The molecular weight excluding hydrogens is 234 g/mol. The lowest BCUT2D eigenvalue weighted by molar-refractivity contribution is -0.351. The Hall–Kier alpha value is -0.0300. The maximum atomic E-state index is 9.29. The lowest BCUT2D eigenvalue weighted by Gasteiger charge is -2.52. The van der Waals surface area contributed by atoms with E-state index in [2.05, 4.69) is 23.4 Å². The fourth-order valence-electron chi connectivity index (χ4n) is 3.24. The van der Waals surface area contributed by atoms with Crippen molar-refractivity contribution in [3.05, 3.63) is 11.5 Å². The molecule has 1 atom stereocenters. The largest absolute Gasteiger partial charge is 0.306 e. The Balaban J connectivity index is 2.26. The maximum Gasteiger partial charge on any atom is 0.104 e. The minimum absolute atomic E-state index is 0.0638. The van der Waals surface area contributed by atoms with Crippen molar-refractivity contribution in [1.29, 1.82) is 0 Å². The second kappa shape index (κ2) is 4.92. The number of likely N-dealkylation sites (tertiary alicyclic amines) is 1. The zero-order chi connectivity index (χ0) is 12.5. The average Bonchev–Trinajstić information content (AvgIpc) is 2.84. The van der Waals surface area contributed by atoms with Crippen LogP contribution in [0.2, 0.25) is 0 Å². The molecule has 1 N–H and O–H groups in total. The summed E-state index contributed by atoms with van der Waals surface area (Å²) < 4.78 is 0.